The molecule has 2 atom stereocenters. The number of aromatic nitrogens is 2. The number of fused-ring (bicyclic) bond motifs is 1. The van der Waals surface area contributed by atoms with Crippen molar-refractivity contribution in [2.24, 2.45) is 5.92 Å². The SMILES string of the molecule is CC1CCN(C(=O)CCn2cnc3sccc3c2=O)C(C(=O)O)C1. The van der Waals surface area contributed by atoms with Crippen LogP contribution in [0.3, 0.4) is 0 Å². The lowest BCUT2D eigenvalue weighted by atomic mass is 9.92. The van der Waals surface area contributed by atoms with Crippen LogP contribution in [-0.4, -0.2) is 44.0 Å². The average molecular weight is 349 g/mol. The highest BCUT2D eigenvalue weighted by Gasteiger charge is 2.34. The molecule has 0 spiro atoms. The van der Waals surface area contributed by atoms with Crippen molar-refractivity contribution >= 4 is 33.4 Å². The minimum absolute atomic E-state index is 0.0927. The lowest BCUT2D eigenvalue weighted by Gasteiger charge is -2.36. The van der Waals surface area contributed by atoms with E-state index < -0.39 is 12.0 Å². The van der Waals surface area contributed by atoms with E-state index in [1.807, 2.05) is 6.92 Å². The number of carbonyl (C=O) groups is 2. The molecule has 0 aromatic carbocycles. The molecule has 128 valence electrons. The Kier molecular flexibility index (Phi) is 4.66. The van der Waals surface area contributed by atoms with Gasteiger partial charge in [-0.3, -0.25) is 14.2 Å². The normalized spacial score (nSPS) is 21.1. The molecule has 2 aromatic rings. The van der Waals surface area contributed by atoms with Crippen molar-refractivity contribution in [2.75, 3.05) is 6.54 Å². The van der Waals surface area contributed by atoms with Gasteiger partial charge in [-0.05, 0) is 30.2 Å². The molecule has 0 saturated carbocycles. The van der Waals surface area contributed by atoms with Gasteiger partial charge in [-0.15, -0.1) is 11.3 Å². The Balaban J connectivity index is 1.71. The third-order valence-corrected chi connectivity index (χ3v) is 5.31. The summed E-state index contributed by atoms with van der Waals surface area (Å²) in [5, 5.41) is 11.7. The Labute approximate surface area is 142 Å². The summed E-state index contributed by atoms with van der Waals surface area (Å²) >= 11 is 1.40. The van der Waals surface area contributed by atoms with Crippen LogP contribution < -0.4 is 5.56 Å². The van der Waals surface area contributed by atoms with E-state index in [-0.39, 0.29) is 24.4 Å². The fourth-order valence-corrected chi connectivity index (χ4v) is 3.81. The van der Waals surface area contributed by atoms with Gasteiger partial charge in [0.05, 0.1) is 11.7 Å². The summed E-state index contributed by atoms with van der Waals surface area (Å²) in [5.41, 5.74) is -0.170. The lowest BCUT2D eigenvalue weighted by Crippen LogP contribution is -2.50. The van der Waals surface area contributed by atoms with Crippen molar-refractivity contribution in [3.05, 3.63) is 28.1 Å². The molecule has 3 heterocycles. The molecule has 1 saturated heterocycles. The Bertz CT molecular complexity index is 828. The van der Waals surface area contributed by atoms with E-state index in [1.54, 1.807) is 11.4 Å². The van der Waals surface area contributed by atoms with Gasteiger partial charge in [0.25, 0.3) is 5.56 Å². The number of carboxylic acid groups (broad SMARTS) is 1. The maximum absolute atomic E-state index is 12.4. The number of amides is 1. The highest BCUT2D eigenvalue weighted by atomic mass is 32.1. The molecule has 1 aliphatic heterocycles. The third-order valence-electron chi connectivity index (χ3n) is 4.49. The van der Waals surface area contributed by atoms with Crippen molar-refractivity contribution in [3.8, 4) is 0 Å². The fraction of sp³-hybridized carbons (Fsp3) is 0.500. The minimum atomic E-state index is -0.964. The Morgan fingerprint density at radius 2 is 2.25 bits per heavy atom. The van der Waals surface area contributed by atoms with E-state index in [0.29, 0.717) is 29.1 Å². The number of aliphatic carboxylic acids is 1. The number of piperidine rings is 1. The number of hydrogen-bond acceptors (Lipinski definition) is 5. The second-order valence-electron chi connectivity index (χ2n) is 6.20. The summed E-state index contributed by atoms with van der Waals surface area (Å²) in [6.07, 6.45) is 2.82. The van der Waals surface area contributed by atoms with Gasteiger partial charge in [0.15, 0.2) is 0 Å². The number of carbonyl (C=O) groups excluding carboxylic acids is 1. The highest BCUT2D eigenvalue weighted by molar-refractivity contribution is 7.16. The van der Waals surface area contributed by atoms with Crippen LogP contribution >= 0.6 is 11.3 Å². The topological polar surface area (TPSA) is 92.5 Å². The molecule has 1 N–H and O–H groups in total. The Hall–Kier alpha value is -2.22. The van der Waals surface area contributed by atoms with E-state index in [1.165, 1.54) is 27.1 Å². The van der Waals surface area contributed by atoms with Crippen LogP contribution in [0.1, 0.15) is 26.2 Å². The summed E-state index contributed by atoms with van der Waals surface area (Å²) in [7, 11) is 0. The zero-order chi connectivity index (χ0) is 17.3. The summed E-state index contributed by atoms with van der Waals surface area (Å²) < 4.78 is 1.41. The van der Waals surface area contributed by atoms with Crippen LogP contribution in [0.4, 0.5) is 0 Å². The zero-order valence-electron chi connectivity index (χ0n) is 13.3. The number of hydrogen-bond donors (Lipinski definition) is 1. The van der Waals surface area contributed by atoms with E-state index in [0.717, 1.165) is 6.42 Å². The van der Waals surface area contributed by atoms with Gasteiger partial charge in [-0.2, -0.15) is 0 Å². The maximum Gasteiger partial charge on any atom is 0.326 e. The molecule has 8 heteroatoms. The molecular formula is C16H19N3O4S. The Morgan fingerprint density at radius 1 is 1.46 bits per heavy atom. The number of aryl methyl sites for hydroxylation is 1. The summed E-state index contributed by atoms with van der Waals surface area (Å²) in [6, 6.07) is 0.954. The van der Waals surface area contributed by atoms with Gasteiger partial charge in [0.1, 0.15) is 10.9 Å². The largest absolute Gasteiger partial charge is 0.480 e. The summed E-state index contributed by atoms with van der Waals surface area (Å²) in [6.45, 7) is 2.65. The molecule has 24 heavy (non-hydrogen) atoms. The molecule has 0 bridgehead atoms. The van der Waals surface area contributed by atoms with Crippen LogP contribution in [-0.2, 0) is 16.1 Å². The Morgan fingerprint density at radius 3 is 3.00 bits per heavy atom. The predicted molar refractivity (Wildman–Crippen MR) is 90.0 cm³/mol. The number of nitrogens with zero attached hydrogens (tertiary/aromatic N) is 3. The zero-order valence-corrected chi connectivity index (χ0v) is 14.2. The fourth-order valence-electron chi connectivity index (χ4n) is 3.09. The molecule has 7 nitrogen and oxygen atoms in total. The smallest absolute Gasteiger partial charge is 0.326 e. The van der Waals surface area contributed by atoms with E-state index >= 15 is 0 Å². The standard InChI is InChI=1S/C16H19N3O4S/c1-10-2-6-19(12(8-10)16(22)23)13(20)3-5-18-9-17-14-11(15(18)21)4-7-24-14/h4,7,9-10,12H,2-3,5-6,8H2,1H3,(H,22,23). The van der Waals surface area contributed by atoms with E-state index in [9.17, 15) is 19.5 Å². The van der Waals surface area contributed by atoms with Gasteiger partial charge in [0.2, 0.25) is 5.91 Å². The van der Waals surface area contributed by atoms with Crippen LogP contribution in [0.15, 0.2) is 22.6 Å². The van der Waals surface area contributed by atoms with Crippen molar-refractivity contribution < 1.29 is 14.7 Å². The quantitative estimate of drug-likeness (QED) is 0.904. The van der Waals surface area contributed by atoms with Gasteiger partial charge < -0.3 is 10.0 Å². The van der Waals surface area contributed by atoms with Crippen LogP contribution in [0, 0.1) is 5.92 Å². The first-order chi connectivity index (χ1) is 11.5. The van der Waals surface area contributed by atoms with Crippen molar-refractivity contribution in [3.63, 3.8) is 0 Å². The number of thiophene rings is 1. The number of carboxylic acids is 1. The monoisotopic (exact) mass is 349 g/mol. The predicted octanol–water partition coefficient (Wildman–Crippen LogP) is 1.56. The molecule has 2 aromatic heterocycles. The summed E-state index contributed by atoms with van der Waals surface area (Å²) in [5.74, 6) is -0.900. The van der Waals surface area contributed by atoms with Crippen LogP contribution in [0.5, 0.6) is 0 Å². The van der Waals surface area contributed by atoms with Gasteiger partial charge in [-0.25, -0.2) is 9.78 Å². The molecule has 1 fully saturated rings. The molecule has 0 aliphatic carbocycles. The van der Waals surface area contributed by atoms with Gasteiger partial charge in [0, 0.05) is 19.5 Å². The number of likely N-dealkylation sites (tertiary alicyclic amines) is 1. The van der Waals surface area contributed by atoms with Crippen LogP contribution in [0.25, 0.3) is 10.2 Å². The molecule has 0 radical (unpaired) electrons. The highest BCUT2D eigenvalue weighted by Crippen LogP contribution is 2.23. The molecule has 2 unspecified atom stereocenters. The first-order valence-corrected chi connectivity index (χ1v) is 8.80. The summed E-state index contributed by atoms with van der Waals surface area (Å²) in [4.78, 5) is 42.5. The first-order valence-electron chi connectivity index (χ1n) is 7.92. The van der Waals surface area contributed by atoms with E-state index in [4.69, 9.17) is 0 Å². The second-order valence-corrected chi connectivity index (χ2v) is 7.10. The van der Waals surface area contributed by atoms with Gasteiger partial charge in [-0.1, -0.05) is 6.92 Å². The lowest BCUT2D eigenvalue weighted by molar-refractivity contribution is -0.153. The molecule has 3 rings (SSSR count). The third kappa shape index (κ3) is 3.19. The molecule has 1 aliphatic rings. The van der Waals surface area contributed by atoms with E-state index in [2.05, 4.69) is 4.98 Å². The molecule has 1 amide bonds. The van der Waals surface area contributed by atoms with Crippen molar-refractivity contribution in [1.82, 2.24) is 14.5 Å². The number of rotatable bonds is 4. The maximum atomic E-state index is 12.4. The van der Waals surface area contributed by atoms with Crippen molar-refractivity contribution in [1.29, 1.82) is 0 Å². The second kappa shape index (κ2) is 6.72. The first kappa shape index (κ1) is 16.6. The average Bonchev–Trinajstić information content (AvgIpc) is 3.03. The van der Waals surface area contributed by atoms with Crippen LogP contribution in [0.2, 0.25) is 0 Å². The van der Waals surface area contributed by atoms with Crippen molar-refractivity contribution in [2.45, 2.75) is 38.8 Å². The van der Waals surface area contributed by atoms with Gasteiger partial charge >= 0.3 is 5.97 Å². The minimum Gasteiger partial charge on any atom is -0.480 e. The molecular weight excluding hydrogens is 330 g/mol.